The van der Waals surface area contributed by atoms with Gasteiger partial charge in [0.1, 0.15) is 0 Å². The van der Waals surface area contributed by atoms with Crippen LogP contribution in [0.5, 0.6) is 0 Å². The van der Waals surface area contributed by atoms with Crippen molar-refractivity contribution < 1.29 is 19.1 Å². The molecule has 30 heavy (non-hydrogen) atoms. The van der Waals surface area contributed by atoms with Crippen molar-refractivity contribution in [3.63, 3.8) is 0 Å². The summed E-state index contributed by atoms with van der Waals surface area (Å²) in [6.45, 7) is 0. The van der Waals surface area contributed by atoms with Gasteiger partial charge in [-0.2, -0.15) is 0 Å². The summed E-state index contributed by atoms with van der Waals surface area (Å²) in [5.74, 6) is 3.55. The van der Waals surface area contributed by atoms with Crippen LogP contribution >= 0.6 is 31.9 Å². The quantitative estimate of drug-likeness (QED) is 0.390. The molecule has 0 heterocycles. The molecule has 10 unspecified atom stereocenters. The molecule has 10 rings (SSSR count). The smallest absolute Gasteiger partial charge is 0.309 e. The van der Waals surface area contributed by atoms with Gasteiger partial charge in [0.25, 0.3) is 0 Å². The van der Waals surface area contributed by atoms with E-state index in [9.17, 15) is 9.59 Å². The number of methoxy groups -OCH3 is 2. The lowest BCUT2D eigenvalue weighted by Gasteiger charge is -2.72. The highest BCUT2D eigenvalue weighted by molar-refractivity contribution is 9.10. The number of carbonyl (C=O) groups is 2. The summed E-state index contributed by atoms with van der Waals surface area (Å²) >= 11 is 8.93. The van der Waals surface area contributed by atoms with E-state index in [1.807, 2.05) is 0 Å². The van der Waals surface area contributed by atoms with Crippen LogP contribution in [-0.4, -0.2) is 34.8 Å². The third-order valence-corrected chi connectivity index (χ3v) is 15.7. The Kier molecular flexibility index (Phi) is 2.98. The SMILES string of the molecule is COC(=O)C1C(C(=O)OC)C2C3C4C1C2(Br)C12CC5CC(Br)(CC5C1)C21C4CCC31. The van der Waals surface area contributed by atoms with Gasteiger partial charge in [-0.1, -0.05) is 31.9 Å². The zero-order chi connectivity index (χ0) is 20.6. The topological polar surface area (TPSA) is 52.6 Å². The van der Waals surface area contributed by atoms with Crippen molar-refractivity contribution in [2.24, 2.45) is 70.0 Å². The molecule has 0 aromatic carbocycles. The van der Waals surface area contributed by atoms with Crippen LogP contribution in [0.15, 0.2) is 0 Å². The normalized spacial score (nSPS) is 68.7. The number of halogens is 2. The van der Waals surface area contributed by atoms with Crippen LogP contribution in [0.2, 0.25) is 0 Å². The molecular weight excluding hydrogens is 512 g/mol. The summed E-state index contributed by atoms with van der Waals surface area (Å²) in [6.07, 6.45) is 7.95. The van der Waals surface area contributed by atoms with Crippen LogP contribution in [0, 0.1) is 70.0 Å². The van der Waals surface area contributed by atoms with E-state index in [0.717, 1.165) is 11.8 Å². The second-order valence-corrected chi connectivity index (χ2v) is 14.9. The molecule has 10 aliphatic rings. The third-order valence-electron chi connectivity index (χ3n) is 12.6. The molecule has 10 fully saturated rings. The summed E-state index contributed by atoms with van der Waals surface area (Å²) in [5.41, 5.74) is 0.579. The maximum absolute atomic E-state index is 13.2. The van der Waals surface area contributed by atoms with Gasteiger partial charge >= 0.3 is 11.9 Å². The minimum Gasteiger partial charge on any atom is -0.469 e. The van der Waals surface area contributed by atoms with Gasteiger partial charge in [-0.05, 0) is 96.7 Å². The fourth-order valence-electron chi connectivity index (χ4n) is 13.1. The molecule has 0 radical (unpaired) electrons. The Hall–Kier alpha value is -0.100. The van der Waals surface area contributed by atoms with Gasteiger partial charge in [0.15, 0.2) is 0 Å². The molecule has 0 aromatic rings. The first kappa shape index (κ1) is 18.3. The molecule has 10 aliphatic carbocycles. The minimum atomic E-state index is -0.344. The van der Waals surface area contributed by atoms with Gasteiger partial charge in [-0.25, -0.2) is 0 Å². The Morgan fingerprint density at radius 2 is 1.27 bits per heavy atom. The first-order chi connectivity index (χ1) is 14.3. The van der Waals surface area contributed by atoms with Gasteiger partial charge < -0.3 is 9.47 Å². The molecule has 10 atom stereocenters. The number of hydrogen-bond acceptors (Lipinski definition) is 4. The predicted octanol–water partition coefficient (Wildman–Crippen LogP) is 4.18. The molecule has 0 saturated heterocycles. The Morgan fingerprint density at radius 1 is 0.800 bits per heavy atom. The van der Waals surface area contributed by atoms with Crippen molar-refractivity contribution in [3.8, 4) is 0 Å². The lowest BCUT2D eigenvalue weighted by molar-refractivity contribution is -0.168. The fourth-order valence-corrected chi connectivity index (χ4v) is 16.8. The Labute approximate surface area is 193 Å². The average Bonchev–Trinajstić information content (AvgIpc) is 3.48. The molecule has 0 amide bonds. The van der Waals surface area contributed by atoms with Crippen molar-refractivity contribution in [3.05, 3.63) is 0 Å². The first-order valence-electron chi connectivity index (χ1n) is 11.9. The summed E-state index contributed by atoms with van der Waals surface area (Å²) in [5, 5.41) is 0. The summed E-state index contributed by atoms with van der Waals surface area (Å²) in [4.78, 5) is 26.3. The van der Waals surface area contributed by atoms with E-state index in [0.29, 0.717) is 29.1 Å². The number of rotatable bonds is 2. The molecule has 12 bridgehead atoms. The fraction of sp³-hybridized carbons (Fsp3) is 0.917. The minimum absolute atomic E-state index is 0.114. The maximum atomic E-state index is 13.2. The van der Waals surface area contributed by atoms with Crippen molar-refractivity contribution >= 4 is 43.8 Å². The van der Waals surface area contributed by atoms with E-state index < -0.39 is 0 Å². The highest BCUT2D eigenvalue weighted by atomic mass is 79.9. The van der Waals surface area contributed by atoms with E-state index in [-0.39, 0.29) is 49.7 Å². The molecule has 10 saturated carbocycles. The largest absolute Gasteiger partial charge is 0.469 e. The zero-order valence-corrected chi connectivity index (χ0v) is 20.6. The molecular formula is C24H28Br2O4. The van der Waals surface area contributed by atoms with E-state index in [1.165, 1.54) is 52.7 Å². The number of esters is 2. The van der Waals surface area contributed by atoms with Crippen LogP contribution in [-0.2, 0) is 19.1 Å². The van der Waals surface area contributed by atoms with Crippen LogP contribution in [0.4, 0.5) is 0 Å². The second kappa shape index (κ2) is 4.88. The molecule has 0 aliphatic heterocycles. The molecule has 0 aromatic heterocycles. The van der Waals surface area contributed by atoms with E-state index in [4.69, 9.17) is 9.47 Å². The summed E-state index contributed by atoms with van der Waals surface area (Å²) in [6, 6.07) is 0. The monoisotopic (exact) mass is 538 g/mol. The predicted molar refractivity (Wildman–Crippen MR) is 115 cm³/mol. The highest BCUT2D eigenvalue weighted by Crippen LogP contribution is 2.99. The molecule has 6 heteroatoms. The molecule has 4 nitrogen and oxygen atoms in total. The van der Waals surface area contributed by atoms with Crippen molar-refractivity contribution in [1.29, 1.82) is 0 Å². The first-order valence-corrected chi connectivity index (χ1v) is 13.4. The van der Waals surface area contributed by atoms with Gasteiger partial charge in [0.05, 0.1) is 26.1 Å². The van der Waals surface area contributed by atoms with E-state index in [1.54, 1.807) is 0 Å². The Balaban J connectivity index is 1.42. The standard InChI is InChI=1S/C24H28Br2O4/c1-29-19(27)15-16(20(28)30-2)18-14-12-4-3-11-13(14)17(15)24(18,26)21-5-9-7-22(25,23(11,12)21)8-10(9)6-21/h9-18H,3-8H2,1-2H3. The average molecular weight is 540 g/mol. The highest BCUT2D eigenvalue weighted by Gasteiger charge is 2.98. The van der Waals surface area contributed by atoms with Crippen LogP contribution in [0.1, 0.15) is 38.5 Å². The van der Waals surface area contributed by atoms with Gasteiger partial charge in [-0.3, -0.25) is 9.59 Å². The lowest BCUT2D eigenvalue weighted by Crippen LogP contribution is -2.73. The molecule has 0 N–H and O–H groups in total. The molecule has 2 spiro atoms. The van der Waals surface area contributed by atoms with Gasteiger partial charge in [0.2, 0.25) is 0 Å². The van der Waals surface area contributed by atoms with E-state index in [2.05, 4.69) is 31.9 Å². The second-order valence-electron chi connectivity index (χ2n) is 12.1. The van der Waals surface area contributed by atoms with Gasteiger partial charge in [0, 0.05) is 8.65 Å². The third kappa shape index (κ3) is 1.32. The lowest BCUT2D eigenvalue weighted by atomic mass is 9.37. The van der Waals surface area contributed by atoms with Gasteiger partial charge in [-0.15, -0.1) is 0 Å². The zero-order valence-electron chi connectivity index (χ0n) is 17.4. The number of hydrogen-bond donors (Lipinski definition) is 0. The van der Waals surface area contributed by atoms with Crippen molar-refractivity contribution in [1.82, 2.24) is 0 Å². The van der Waals surface area contributed by atoms with Crippen LogP contribution in [0.25, 0.3) is 0 Å². The van der Waals surface area contributed by atoms with Crippen LogP contribution < -0.4 is 0 Å². The number of alkyl halides is 2. The van der Waals surface area contributed by atoms with E-state index >= 15 is 0 Å². The van der Waals surface area contributed by atoms with Crippen molar-refractivity contribution in [2.75, 3.05) is 14.2 Å². The molecule has 162 valence electrons. The number of carbonyl (C=O) groups excluding carboxylic acids is 2. The summed E-state index contributed by atoms with van der Waals surface area (Å²) < 4.78 is 10.8. The van der Waals surface area contributed by atoms with Crippen molar-refractivity contribution in [2.45, 2.75) is 47.2 Å². The summed E-state index contributed by atoms with van der Waals surface area (Å²) in [7, 11) is 2.97. The van der Waals surface area contributed by atoms with Crippen LogP contribution in [0.3, 0.4) is 0 Å². The Morgan fingerprint density at radius 3 is 1.70 bits per heavy atom. The maximum Gasteiger partial charge on any atom is 0.309 e. The number of ether oxygens (including phenoxy) is 2. The Bertz CT molecular complexity index is 872.